The predicted octanol–water partition coefficient (Wildman–Crippen LogP) is 5.50. The molecule has 1 aliphatic carbocycles. The number of rotatable bonds is 7. The van der Waals surface area contributed by atoms with E-state index in [1.165, 1.54) is 0 Å². The second-order valence-corrected chi connectivity index (χ2v) is 10.5. The minimum Gasteiger partial charge on any atom is -0.481 e. The fraction of sp³-hybridized carbons (Fsp3) is 0.407. The number of nitrogens with one attached hydrogen (secondary N) is 1. The van der Waals surface area contributed by atoms with E-state index in [0.717, 1.165) is 31.2 Å². The summed E-state index contributed by atoms with van der Waals surface area (Å²) in [7, 11) is 0. The average Bonchev–Trinajstić information content (AvgIpc) is 3.11. The summed E-state index contributed by atoms with van der Waals surface area (Å²) in [5.41, 5.74) is 1.65. The lowest BCUT2D eigenvalue weighted by Crippen LogP contribution is -2.50. The van der Waals surface area contributed by atoms with Gasteiger partial charge in [0.2, 0.25) is 0 Å². The summed E-state index contributed by atoms with van der Waals surface area (Å²) in [4.78, 5) is 43.8. The summed E-state index contributed by atoms with van der Waals surface area (Å²) < 4.78 is 0. The van der Waals surface area contributed by atoms with Gasteiger partial charge in [0.25, 0.3) is 11.8 Å². The Balaban J connectivity index is 1.61. The SMILES string of the molecule is CC1CCC2(CC1)N=C(c1cc(Cl)cc(Cl)c1)C(=O)N2[C@H](C)c1ccc(C(=O)NCCC(=O)O)cc1. The van der Waals surface area contributed by atoms with E-state index in [1.54, 1.807) is 30.3 Å². The van der Waals surface area contributed by atoms with Crippen LogP contribution in [0.15, 0.2) is 47.5 Å². The van der Waals surface area contributed by atoms with E-state index < -0.39 is 11.6 Å². The van der Waals surface area contributed by atoms with E-state index in [2.05, 4.69) is 12.2 Å². The Hall–Kier alpha value is -2.90. The largest absolute Gasteiger partial charge is 0.481 e. The molecule has 1 aliphatic heterocycles. The van der Waals surface area contributed by atoms with Crippen molar-refractivity contribution in [1.82, 2.24) is 10.2 Å². The van der Waals surface area contributed by atoms with Crippen molar-refractivity contribution >= 4 is 46.7 Å². The molecule has 1 saturated carbocycles. The lowest BCUT2D eigenvalue weighted by atomic mass is 9.81. The number of halogens is 2. The van der Waals surface area contributed by atoms with Crippen molar-refractivity contribution in [3.05, 3.63) is 69.2 Å². The highest BCUT2D eigenvalue weighted by molar-refractivity contribution is 6.47. The maximum atomic E-state index is 13.8. The van der Waals surface area contributed by atoms with E-state index in [4.69, 9.17) is 33.3 Å². The molecule has 190 valence electrons. The Kier molecular flexibility index (Phi) is 7.71. The second-order valence-electron chi connectivity index (χ2n) is 9.66. The summed E-state index contributed by atoms with van der Waals surface area (Å²) in [5, 5.41) is 12.2. The van der Waals surface area contributed by atoms with Crippen LogP contribution in [-0.2, 0) is 9.59 Å². The van der Waals surface area contributed by atoms with Crippen molar-refractivity contribution in [2.45, 2.75) is 57.7 Å². The zero-order valence-corrected chi connectivity index (χ0v) is 21.8. The van der Waals surface area contributed by atoms with E-state index in [9.17, 15) is 14.4 Å². The molecule has 4 rings (SSSR count). The van der Waals surface area contributed by atoms with Gasteiger partial charge in [-0.2, -0.15) is 0 Å². The predicted molar refractivity (Wildman–Crippen MR) is 140 cm³/mol. The van der Waals surface area contributed by atoms with Crippen LogP contribution in [0.4, 0.5) is 0 Å². The van der Waals surface area contributed by atoms with Crippen LogP contribution in [0.5, 0.6) is 0 Å². The fourth-order valence-corrected chi connectivity index (χ4v) is 5.58. The highest BCUT2D eigenvalue weighted by Crippen LogP contribution is 2.45. The molecular weight excluding hydrogens is 501 g/mol. The molecule has 1 fully saturated rings. The van der Waals surface area contributed by atoms with Gasteiger partial charge in [0.05, 0.1) is 12.5 Å². The summed E-state index contributed by atoms with van der Waals surface area (Å²) >= 11 is 12.5. The number of carbonyl (C=O) groups is 3. The summed E-state index contributed by atoms with van der Waals surface area (Å²) in [5.74, 6) is -0.899. The Labute approximate surface area is 220 Å². The molecular formula is C27H29Cl2N3O4. The van der Waals surface area contributed by atoms with Gasteiger partial charge in [-0.05, 0) is 74.4 Å². The van der Waals surface area contributed by atoms with Crippen LogP contribution in [0, 0.1) is 5.92 Å². The highest BCUT2D eigenvalue weighted by atomic mass is 35.5. The van der Waals surface area contributed by atoms with Crippen LogP contribution >= 0.6 is 23.2 Å². The van der Waals surface area contributed by atoms with Gasteiger partial charge in [0.1, 0.15) is 11.4 Å². The van der Waals surface area contributed by atoms with Crippen molar-refractivity contribution in [1.29, 1.82) is 0 Å². The topological polar surface area (TPSA) is 99.1 Å². The maximum Gasteiger partial charge on any atom is 0.305 e. The number of aliphatic carboxylic acids is 1. The van der Waals surface area contributed by atoms with Gasteiger partial charge in [-0.1, -0.05) is 42.3 Å². The van der Waals surface area contributed by atoms with Gasteiger partial charge >= 0.3 is 5.97 Å². The first-order valence-electron chi connectivity index (χ1n) is 12.1. The highest BCUT2D eigenvalue weighted by Gasteiger charge is 2.50. The first-order chi connectivity index (χ1) is 17.1. The molecule has 1 spiro atoms. The van der Waals surface area contributed by atoms with E-state index in [-0.39, 0.29) is 30.8 Å². The molecule has 7 nitrogen and oxygen atoms in total. The van der Waals surface area contributed by atoms with Crippen molar-refractivity contribution in [3.8, 4) is 0 Å². The normalized spacial score (nSPS) is 22.4. The summed E-state index contributed by atoms with van der Waals surface area (Å²) in [6.07, 6.45) is 3.34. The first kappa shape index (κ1) is 26.2. The third-order valence-electron chi connectivity index (χ3n) is 7.07. The molecule has 2 aromatic carbocycles. The maximum absolute atomic E-state index is 13.8. The minimum atomic E-state index is -0.970. The number of nitrogens with zero attached hydrogens (tertiary/aromatic N) is 2. The summed E-state index contributed by atoms with van der Waals surface area (Å²) in [6, 6.07) is 11.8. The standard InChI is InChI=1S/C27H29Cl2N3O4/c1-16-7-10-27(11-8-16)31-24(20-13-21(28)15-22(29)14-20)26(36)32(27)17(2)18-3-5-19(6-4-18)25(35)30-12-9-23(33)34/h3-6,13-17H,7-12H2,1-2H3,(H,30,35)(H,33,34)/t16?,17-,27?/m1/s1. The van der Waals surface area contributed by atoms with Crippen molar-refractivity contribution < 1.29 is 19.5 Å². The number of aliphatic imine (C=N–C) groups is 1. The Morgan fingerprint density at radius 1 is 1.14 bits per heavy atom. The van der Waals surface area contributed by atoms with E-state index in [0.29, 0.717) is 32.8 Å². The molecule has 0 aromatic heterocycles. The molecule has 2 amide bonds. The molecule has 0 unspecified atom stereocenters. The molecule has 2 aromatic rings. The Bertz CT molecular complexity index is 1180. The van der Waals surface area contributed by atoms with Gasteiger partial charge in [0, 0.05) is 27.7 Å². The number of carboxylic acids is 1. The zero-order chi connectivity index (χ0) is 26.0. The number of amides is 2. The van der Waals surface area contributed by atoms with E-state index >= 15 is 0 Å². The van der Waals surface area contributed by atoms with Crippen LogP contribution in [0.25, 0.3) is 0 Å². The quantitative estimate of drug-likeness (QED) is 0.494. The molecule has 0 bridgehead atoms. The number of carbonyl (C=O) groups excluding carboxylic acids is 2. The smallest absolute Gasteiger partial charge is 0.305 e. The molecule has 2 aliphatic rings. The first-order valence-corrected chi connectivity index (χ1v) is 12.9. The lowest BCUT2D eigenvalue weighted by Gasteiger charge is -2.44. The molecule has 9 heteroatoms. The second kappa shape index (κ2) is 10.6. The average molecular weight is 530 g/mol. The van der Waals surface area contributed by atoms with Crippen LogP contribution in [-0.4, -0.2) is 45.7 Å². The number of hydrogen-bond acceptors (Lipinski definition) is 4. The van der Waals surface area contributed by atoms with Crippen LogP contribution < -0.4 is 5.32 Å². The van der Waals surface area contributed by atoms with Gasteiger partial charge in [0.15, 0.2) is 0 Å². The number of benzene rings is 2. The molecule has 2 N–H and O–H groups in total. The molecule has 0 saturated heterocycles. The number of hydrogen-bond donors (Lipinski definition) is 2. The summed E-state index contributed by atoms with van der Waals surface area (Å²) in [6.45, 7) is 4.26. The van der Waals surface area contributed by atoms with Gasteiger partial charge < -0.3 is 15.3 Å². The monoisotopic (exact) mass is 529 g/mol. The van der Waals surface area contributed by atoms with Crippen LogP contribution in [0.1, 0.15) is 73.5 Å². The third kappa shape index (κ3) is 5.42. The van der Waals surface area contributed by atoms with Crippen molar-refractivity contribution in [2.75, 3.05) is 6.54 Å². The van der Waals surface area contributed by atoms with Gasteiger partial charge in [-0.3, -0.25) is 19.4 Å². The van der Waals surface area contributed by atoms with Crippen molar-refractivity contribution in [3.63, 3.8) is 0 Å². The lowest BCUT2D eigenvalue weighted by molar-refractivity contribution is -0.137. The van der Waals surface area contributed by atoms with Gasteiger partial charge in [-0.15, -0.1) is 0 Å². The van der Waals surface area contributed by atoms with Crippen LogP contribution in [0.2, 0.25) is 10.0 Å². The molecule has 0 radical (unpaired) electrons. The molecule has 1 atom stereocenters. The third-order valence-corrected chi connectivity index (χ3v) is 7.50. The van der Waals surface area contributed by atoms with Crippen LogP contribution in [0.3, 0.4) is 0 Å². The Morgan fingerprint density at radius 2 is 1.75 bits per heavy atom. The van der Waals surface area contributed by atoms with Gasteiger partial charge in [-0.25, -0.2) is 0 Å². The minimum absolute atomic E-state index is 0.0587. The molecule has 1 heterocycles. The zero-order valence-electron chi connectivity index (χ0n) is 20.3. The van der Waals surface area contributed by atoms with Crippen molar-refractivity contribution in [2.24, 2.45) is 10.9 Å². The Morgan fingerprint density at radius 3 is 2.33 bits per heavy atom. The van der Waals surface area contributed by atoms with E-state index in [1.807, 2.05) is 24.0 Å². The fourth-order valence-electron chi connectivity index (χ4n) is 5.05. The number of carboxylic acid groups (broad SMARTS) is 1. The molecule has 36 heavy (non-hydrogen) atoms.